The van der Waals surface area contributed by atoms with Crippen molar-refractivity contribution in [3.63, 3.8) is 0 Å². The predicted molar refractivity (Wildman–Crippen MR) is 79.0 cm³/mol. The second-order valence-corrected chi connectivity index (χ2v) is 4.88. The maximum Gasteiger partial charge on any atom is 0.0412 e. The van der Waals surface area contributed by atoms with E-state index in [9.17, 15) is 0 Å². The number of halogens is 1. The minimum atomic E-state index is 0.781. The van der Waals surface area contributed by atoms with Crippen LogP contribution < -0.4 is 5.32 Å². The Morgan fingerprint density at radius 3 is 2.67 bits per heavy atom. The van der Waals surface area contributed by atoms with Gasteiger partial charge in [-0.15, -0.1) is 0 Å². The van der Waals surface area contributed by atoms with Crippen LogP contribution in [0.2, 0.25) is 5.02 Å². The van der Waals surface area contributed by atoms with Crippen LogP contribution in [0.15, 0.2) is 42.5 Å². The Kier molecular flexibility index (Phi) is 4.40. The average Bonchev–Trinajstić information content (AvgIpc) is 2.38. The summed E-state index contributed by atoms with van der Waals surface area (Å²) in [5.41, 5.74) is 5.01. The summed E-state index contributed by atoms with van der Waals surface area (Å²) in [6, 6.07) is 14.6. The van der Waals surface area contributed by atoms with Gasteiger partial charge in [-0.2, -0.15) is 0 Å². The summed E-state index contributed by atoms with van der Waals surface area (Å²) in [7, 11) is 0. The normalized spacial score (nSPS) is 10.6. The molecule has 0 atom stereocenters. The third-order valence-electron chi connectivity index (χ3n) is 3.02. The Hall–Kier alpha value is -1.31. The molecule has 18 heavy (non-hydrogen) atoms. The molecule has 0 aliphatic heterocycles. The van der Waals surface area contributed by atoms with Crippen molar-refractivity contribution < 1.29 is 0 Å². The van der Waals surface area contributed by atoms with E-state index < -0.39 is 0 Å². The summed E-state index contributed by atoms with van der Waals surface area (Å²) < 4.78 is 0. The fourth-order valence-corrected chi connectivity index (χ4v) is 2.21. The van der Waals surface area contributed by atoms with E-state index in [1.807, 2.05) is 18.2 Å². The molecular formula is C16H18ClN. The summed E-state index contributed by atoms with van der Waals surface area (Å²) in [4.78, 5) is 0. The molecule has 0 spiro atoms. The van der Waals surface area contributed by atoms with Crippen molar-refractivity contribution in [1.82, 2.24) is 5.32 Å². The highest BCUT2D eigenvalue weighted by molar-refractivity contribution is 6.30. The molecule has 0 radical (unpaired) electrons. The topological polar surface area (TPSA) is 12.0 Å². The number of hydrogen-bond acceptors (Lipinski definition) is 1. The first-order chi connectivity index (χ1) is 8.70. The molecule has 0 aliphatic rings. The number of nitrogens with one attached hydrogen (secondary N) is 1. The van der Waals surface area contributed by atoms with Crippen LogP contribution in [0.25, 0.3) is 11.1 Å². The summed E-state index contributed by atoms with van der Waals surface area (Å²) >= 11 is 6.06. The van der Waals surface area contributed by atoms with Gasteiger partial charge in [-0.1, -0.05) is 42.8 Å². The first-order valence-corrected chi connectivity index (χ1v) is 6.64. The molecular weight excluding hydrogens is 242 g/mol. The molecule has 1 nitrogen and oxygen atoms in total. The molecule has 2 rings (SSSR count). The molecule has 1 N–H and O–H groups in total. The second kappa shape index (κ2) is 6.03. The monoisotopic (exact) mass is 259 g/mol. The lowest BCUT2D eigenvalue weighted by Crippen LogP contribution is -2.11. The zero-order valence-electron chi connectivity index (χ0n) is 10.8. The van der Waals surface area contributed by atoms with Gasteiger partial charge in [-0.25, -0.2) is 0 Å². The standard InChI is InChI=1S/C16H18ClN/c1-3-18-11-13-8-7-12(2)16(9-13)14-5-4-6-15(17)10-14/h4-10,18H,3,11H2,1-2H3. The van der Waals surface area contributed by atoms with E-state index in [-0.39, 0.29) is 0 Å². The molecule has 0 amide bonds. The number of aryl methyl sites for hydroxylation is 1. The van der Waals surface area contributed by atoms with Crippen molar-refractivity contribution in [2.24, 2.45) is 0 Å². The first kappa shape index (κ1) is 13.1. The van der Waals surface area contributed by atoms with Gasteiger partial charge in [0.05, 0.1) is 0 Å². The SMILES string of the molecule is CCNCc1ccc(C)c(-c2cccc(Cl)c2)c1. The van der Waals surface area contributed by atoms with E-state index in [1.165, 1.54) is 22.3 Å². The number of rotatable bonds is 4. The van der Waals surface area contributed by atoms with Crippen LogP contribution in [0.4, 0.5) is 0 Å². The van der Waals surface area contributed by atoms with Gasteiger partial charge >= 0.3 is 0 Å². The quantitative estimate of drug-likeness (QED) is 0.857. The van der Waals surface area contributed by atoms with Gasteiger partial charge in [0.15, 0.2) is 0 Å². The number of hydrogen-bond donors (Lipinski definition) is 1. The van der Waals surface area contributed by atoms with Crippen LogP contribution in [0.1, 0.15) is 18.1 Å². The highest BCUT2D eigenvalue weighted by atomic mass is 35.5. The highest BCUT2D eigenvalue weighted by Gasteiger charge is 2.04. The maximum absolute atomic E-state index is 6.06. The second-order valence-electron chi connectivity index (χ2n) is 4.44. The molecule has 0 aromatic heterocycles. The molecule has 94 valence electrons. The van der Waals surface area contributed by atoms with Crippen LogP contribution in [0, 0.1) is 6.92 Å². The van der Waals surface area contributed by atoms with Crippen molar-refractivity contribution in [3.8, 4) is 11.1 Å². The van der Waals surface area contributed by atoms with Crippen molar-refractivity contribution >= 4 is 11.6 Å². The Morgan fingerprint density at radius 1 is 1.11 bits per heavy atom. The Labute approximate surface area is 114 Å². The molecule has 0 aliphatic carbocycles. The molecule has 0 saturated heterocycles. The van der Waals surface area contributed by atoms with E-state index in [1.54, 1.807) is 0 Å². The van der Waals surface area contributed by atoms with E-state index in [0.29, 0.717) is 0 Å². The van der Waals surface area contributed by atoms with E-state index in [4.69, 9.17) is 11.6 Å². The zero-order valence-corrected chi connectivity index (χ0v) is 11.6. The third-order valence-corrected chi connectivity index (χ3v) is 3.25. The Balaban J connectivity index is 2.37. The summed E-state index contributed by atoms with van der Waals surface area (Å²) in [6.07, 6.45) is 0. The summed E-state index contributed by atoms with van der Waals surface area (Å²) in [5.74, 6) is 0. The van der Waals surface area contributed by atoms with E-state index in [2.05, 4.69) is 43.4 Å². The van der Waals surface area contributed by atoms with Crippen molar-refractivity contribution in [2.75, 3.05) is 6.54 Å². The fraction of sp³-hybridized carbons (Fsp3) is 0.250. The van der Waals surface area contributed by atoms with Gasteiger partial charge in [0.2, 0.25) is 0 Å². The predicted octanol–water partition coefficient (Wildman–Crippen LogP) is 4.42. The molecule has 0 saturated carbocycles. The minimum Gasteiger partial charge on any atom is -0.313 e. The molecule has 2 heteroatoms. The van der Waals surface area contributed by atoms with Crippen molar-refractivity contribution in [1.29, 1.82) is 0 Å². The van der Waals surface area contributed by atoms with Crippen LogP contribution in [0.5, 0.6) is 0 Å². The van der Waals surface area contributed by atoms with Gasteiger partial charge in [0.25, 0.3) is 0 Å². The lowest BCUT2D eigenvalue weighted by Gasteiger charge is -2.10. The molecule has 0 heterocycles. The first-order valence-electron chi connectivity index (χ1n) is 6.27. The van der Waals surface area contributed by atoms with Gasteiger partial charge in [-0.05, 0) is 53.9 Å². The number of benzene rings is 2. The lowest BCUT2D eigenvalue weighted by molar-refractivity contribution is 0.727. The highest BCUT2D eigenvalue weighted by Crippen LogP contribution is 2.26. The molecule has 0 fully saturated rings. The van der Waals surface area contributed by atoms with Gasteiger partial charge in [0.1, 0.15) is 0 Å². The fourth-order valence-electron chi connectivity index (χ4n) is 2.02. The van der Waals surface area contributed by atoms with E-state index in [0.717, 1.165) is 18.1 Å². The Morgan fingerprint density at radius 2 is 1.94 bits per heavy atom. The molecule has 2 aromatic carbocycles. The van der Waals surface area contributed by atoms with Crippen LogP contribution in [-0.2, 0) is 6.54 Å². The summed E-state index contributed by atoms with van der Waals surface area (Å²) in [5, 5.41) is 4.13. The van der Waals surface area contributed by atoms with E-state index >= 15 is 0 Å². The molecule has 0 unspecified atom stereocenters. The van der Waals surface area contributed by atoms with Gasteiger partial charge in [-0.3, -0.25) is 0 Å². The van der Waals surface area contributed by atoms with Crippen LogP contribution in [-0.4, -0.2) is 6.54 Å². The van der Waals surface area contributed by atoms with Crippen molar-refractivity contribution in [3.05, 3.63) is 58.6 Å². The third kappa shape index (κ3) is 3.12. The molecule has 0 bridgehead atoms. The summed E-state index contributed by atoms with van der Waals surface area (Å²) in [6.45, 7) is 6.14. The van der Waals surface area contributed by atoms with Gasteiger partial charge < -0.3 is 5.32 Å². The largest absolute Gasteiger partial charge is 0.313 e. The van der Waals surface area contributed by atoms with Crippen LogP contribution >= 0.6 is 11.6 Å². The lowest BCUT2D eigenvalue weighted by atomic mass is 9.98. The van der Waals surface area contributed by atoms with Crippen LogP contribution in [0.3, 0.4) is 0 Å². The molecule has 2 aromatic rings. The minimum absolute atomic E-state index is 0.781. The average molecular weight is 260 g/mol. The Bertz CT molecular complexity index is 534. The van der Waals surface area contributed by atoms with Gasteiger partial charge in [0, 0.05) is 11.6 Å². The smallest absolute Gasteiger partial charge is 0.0412 e. The van der Waals surface area contributed by atoms with Crippen molar-refractivity contribution in [2.45, 2.75) is 20.4 Å². The maximum atomic E-state index is 6.06. The zero-order chi connectivity index (χ0) is 13.0.